The van der Waals surface area contributed by atoms with Gasteiger partial charge in [-0.3, -0.25) is 0 Å². The molecule has 2 aromatic heterocycles. The van der Waals surface area contributed by atoms with E-state index in [1.165, 1.54) is 4.88 Å². The van der Waals surface area contributed by atoms with Crippen LogP contribution in [0.3, 0.4) is 0 Å². The van der Waals surface area contributed by atoms with E-state index in [9.17, 15) is 0 Å². The van der Waals surface area contributed by atoms with Crippen molar-refractivity contribution in [3.8, 4) is 5.88 Å². The number of nitrogens with zero attached hydrogens (tertiary/aromatic N) is 2. The van der Waals surface area contributed by atoms with Crippen molar-refractivity contribution >= 4 is 22.8 Å². The number of hydrogen-bond acceptors (Lipinski definition) is 5. The van der Waals surface area contributed by atoms with E-state index in [2.05, 4.69) is 27.4 Å². The van der Waals surface area contributed by atoms with Crippen LogP contribution in [-0.2, 0) is 6.42 Å². The molecule has 2 N–H and O–H groups in total. The molecular formula is C13H17N3OS. The topological polar surface area (TPSA) is 51.4 Å². The number of rotatable bonds is 5. The lowest BCUT2D eigenvalue weighted by molar-refractivity contribution is 0.398. The maximum Gasteiger partial charge on any atom is 0.215 e. The van der Waals surface area contributed by atoms with Crippen LogP contribution in [0, 0.1) is 0 Å². The van der Waals surface area contributed by atoms with Crippen molar-refractivity contribution in [3.63, 3.8) is 0 Å². The fraction of sp³-hybridized carbons (Fsp3) is 0.308. The van der Waals surface area contributed by atoms with Gasteiger partial charge in [0.25, 0.3) is 0 Å². The molecule has 0 aliphatic carbocycles. The molecule has 0 amide bonds. The minimum absolute atomic E-state index is 0.585. The maximum atomic E-state index is 5.94. The molecule has 0 atom stereocenters. The Hall–Kier alpha value is -1.75. The Bertz CT molecular complexity index is 499. The fourth-order valence-corrected chi connectivity index (χ4v) is 2.40. The molecule has 0 aromatic carbocycles. The molecule has 0 radical (unpaired) electrons. The number of hydrogen-bond donors (Lipinski definition) is 1. The van der Waals surface area contributed by atoms with E-state index in [1.807, 2.05) is 13.1 Å². The molecule has 2 heterocycles. The van der Waals surface area contributed by atoms with Crippen molar-refractivity contribution in [3.05, 3.63) is 34.5 Å². The number of thiophene rings is 1. The number of methoxy groups -OCH3 is 1. The lowest BCUT2D eigenvalue weighted by Crippen LogP contribution is -2.22. The zero-order valence-corrected chi connectivity index (χ0v) is 11.4. The number of nitrogens with two attached hydrogens (primary N) is 1. The van der Waals surface area contributed by atoms with Crippen molar-refractivity contribution in [2.45, 2.75) is 6.42 Å². The average Bonchev–Trinajstić information content (AvgIpc) is 2.89. The van der Waals surface area contributed by atoms with Crippen molar-refractivity contribution in [2.75, 3.05) is 31.3 Å². The van der Waals surface area contributed by atoms with E-state index in [0.29, 0.717) is 11.6 Å². The van der Waals surface area contributed by atoms with E-state index in [4.69, 9.17) is 10.5 Å². The SMILES string of the molecule is COc1ccc(N)c(N(C)CCc2cccs2)n1. The van der Waals surface area contributed by atoms with Crippen LogP contribution in [0.4, 0.5) is 11.5 Å². The summed E-state index contributed by atoms with van der Waals surface area (Å²) < 4.78 is 5.12. The molecule has 2 rings (SSSR count). The highest BCUT2D eigenvalue weighted by Crippen LogP contribution is 2.23. The summed E-state index contributed by atoms with van der Waals surface area (Å²) in [6.45, 7) is 0.880. The molecule has 96 valence electrons. The second kappa shape index (κ2) is 5.73. The summed E-state index contributed by atoms with van der Waals surface area (Å²) >= 11 is 1.77. The summed E-state index contributed by atoms with van der Waals surface area (Å²) in [7, 11) is 3.60. The van der Waals surface area contributed by atoms with Gasteiger partial charge in [0.05, 0.1) is 12.8 Å². The van der Waals surface area contributed by atoms with Gasteiger partial charge in [0.1, 0.15) is 0 Å². The van der Waals surface area contributed by atoms with Crippen molar-refractivity contribution in [1.82, 2.24) is 4.98 Å². The van der Waals surface area contributed by atoms with Gasteiger partial charge in [-0.15, -0.1) is 11.3 Å². The molecule has 0 saturated carbocycles. The maximum absolute atomic E-state index is 5.94. The van der Waals surface area contributed by atoms with Gasteiger partial charge in [-0.2, -0.15) is 4.98 Å². The van der Waals surface area contributed by atoms with Gasteiger partial charge in [-0.05, 0) is 23.9 Å². The van der Waals surface area contributed by atoms with Crippen LogP contribution in [0.25, 0.3) is 0 Å². The smallest absolute Gasteiger partial charge is 0.215 e. The van der Waals surface area contributed by atoms with Crippen LogP contribution < -0.4 is 15.4 Å². The van der Waals surface area contributed by atoms with Gasteiger partial charge in [-0.25, -0.2) is 0 Å². The van der Waals surface area contributed by atoms with Gasteiger partial charge < -0.3 is 15.4 Å². The summed E-state index contributed by atoms with van der Waals surface area (Å²) in [5.41, 5.74) is 6.61. The quantitative estimate of drug-likeness (QED) is 0.900. The number of aromatic nitrogens is 1. The molecular weight excluding hydrogens is 246 g/mol. The Balaban J connectivity index is 2.05. The fourth-order valence-electron chi connectivity index (χ4n) is 1.70. The highest BCUT2D eigenvalue weighted by Gasteiger charge is 2.09. The second-order valence-corrected chi connectivity index (χ2v) is 5.05. The van der Waals surface area contributed by atoms with E-state index in [1.54, 1.807) is 24.5 Å². The lowest BCUT2D eigenvalue weighted by Gasteiger charge is -2.19. The third-order valence-corrected chi connectivity index (χ3v) is 3.66. The largest absolute Gasteiger partial charge is 0.481 e. The van der Waals surface area contributed by atoms with Crippen LogP contribution in [0.5, 0.6) is 5.88 Å². The zero-order valence-electron chi connectivity index (χ0n) is 10.6. The van der Waals surface area contributed by atoms with Crippen molar-refractivity contribution in [1.29, 1.82) is 0 Å². The number of pyridine rings is 1. The van der Waals surface area contributed by atoms with Gasteiger partial charge in [0.2, 0.25) is 5.88 Å². The third-order valence-electron chi connectivity index (χ3n) is 2.72. The Labute approximate surface area is 111 Å². The van der Waals surface area contributed by atoms with Crippen molar-refractivity contribution in [2.24, 2.45) is 0 Å². The Morgan fingerprint density at radius 3 is 2.89 bits per heavy atom. The number of nitrogen functional groups attached to an aromatic ring is 1. The predicted octanol–water partition coefficient (Wildman–Crippen LogP) is 2.41. The highest BCUT2D eigenvalue weighted by atomic mass is 32.1. The molecule has 0 saturated heterocycles. The van der Waals surface area contributed by atoms with Gasteiger partial charge in [0, 0.05) is 24.5 Å². The molecule has 0 spiro atoms. The van der Waals surface area contributed by atoms with Crippen LogP contribution >= 0.6 is 11.3 Å². The molecule has 5 heteroatoms. The van der Waals surface area contributed by atoms with Crippen molar-refractivity contribution < 1.29 is 4.74 Å². The molecule has 0 fully saturated rings. The molecule has 0 aliphatic heterocycles. The van der Waals surface area contributed by atoms with Gasteiger partial charge in [-0.1, -0.05) is 6.07 Å². The lowest BCUT2D eigenvalue weighted by atomic mass is 10.3. The molecule has 18 heavy (non-hydrogen) atoms. The van der Waals surface area contributed by atoms with E-state index in [-0.39, 0.29) is 0 Å². The van der Waals surface area contributed by atoms with E-state index < -0.39 is 0 Å². The number of likely N-dealkylation sites (N-methyl/N-ethyl adjacent to an activating group) is 1. The summed E-state index contributed by atoms with van der Waals surface area (Å²) in [5.74, 6) is 1.35. The monoisotopic (exact) mass is 263 g/mol. The minimum atomic E-state index is 0.585. The Kier molecular flexibility index (Phi) is 4.04. The summed E-state index contributed by atoms with van der Waals surface area (Å²) in [6, 6.07) is 7.80. The van der Waals surface area contributed by atoms with Crippen LogP contribution in [0.1, 0.15) is 4.88 Å². The molecule has 0 unspecified atom stereocenters. The van der Waals surface area contributed by atoms with Crippen LogP contribution in [0.2, 0.25) is 0 Å². The van der Waals surface area contributed by atoms with Crippen LogP contribution in [0.15, 0.2) is 29.6 Å². The van der Waals surface area contributed by atoms with E-state index in [0.717, 1.165) is 18.8 Å². The standard InChI is InChI=1S/C13H17N3OS/c1-16(8-7-10-4-3-9-18-10)13-11(14)5-6-12(15-13)17-2/h3-6,9H,7-8,14H2,1-2H3. The Morgan fingerprint density at radius 1 is 1.39 bits per heavy atom. The molecule has 2 aromatic rings. The average molecular weight is 263 g/mol. The third kappa shape index (κ3) is 2.92. The summed E-state index contributed by atoms with van der Waals surface area (Å²) in [4.78, 5) is 7.79. The summed E-state index contributed by atoms with van der Waals surface area (Å²) in [6.07, 6.45) is 0.993. The number of ether oxygens (including phenoxy) is 1. The number of anilines is 2. The first-order valence-corrected chi connectivity index (χ1v) is 6.62. The Morgan fingerprint density at radius 2 is 2.22 bits per heavy atom. The highest BCUT2D eigenvalue weighted by molar-refractivity contribution is 7.09. The van der Waals surface area contributed by atoms with Gasteiger partial charge >= 0.3 is 0 Å². The molecule has 0 aliphatic rings. The zero-order chi connectivity index (χ0) is 13.0. The van der Waals surface area contributed by atoms with E-state index >= 15 is 0 Å². The van der Waals surface area contributed by atoms with Gasteiger partial charge in [0.15, 0.2) is 5.82 Å². The normalized spacial score (nSPS) is 10.3. The summed E-state index contributed by atoms with van der Waals surface area (Å²) in [5, 5.41) is 2.09. The first-order chi connectivity index (χ1) is 8.70. The minimum Gasteiger partial charge on any atom is -0.481 e. The molecule has 0 bridgehead atoms. The molecule has 4 nitrogen and oxygen atoms in total. The first kappa shape index (κ1) is 12.7. The first-order valence-electron chi connectivity index (χ1n) is 5.74. The van der Waals surface area contributed by atoms with Crippen LogP contribution in [-0.4, -0.2) is 25.7 Å². The predicted molar refractivity (Wildman–Crippen MR) is 76.5 cm³/mol. The second-order valence-electron chi connectivity index (χ2n) is 4.02.